The highest BCUT2D eigenvalue weighted by Crippen LogP contribution is 2.22. The van der Waals surface area contributed by atoms with E-state index in [2.05, 4.69) is 10.6 Å². The summed E-state index contributed by atoms with van der Waals surface area (Å²) in [7, 11) is 0. The third kappa shape index (κ3) is 3.87. The Hall–Kier alpha value is -1.75. The highest BCUT2D eigenvalue weighted by molar-refractivity contribution is 5.96. The summed E-state index contributed by atoms with van der Waals surface area (Å²) >= 11 is 0. The number of anilines is 2. The zero-order valence-corrected chi connectivity index (χ0v) is 11.9. The molecule has 110 valence electrons. The van der Waals surface area contributed by atoms with Crippen molar-refractivity contribution < 1.29 is 9.53 Å². The van der Waals surface area contributed by atoms with Gasteiger partial charge in [-0.2, -0.15) is 0 Å². The fourth-order valence-corrected chi connectivity index (χ4v) is 2.33. The maximum atomic E-state index is 11.7. The van der Waals surface area contributed by atoms with Crippen molar-refractivity contribution in [1.82, 2.24) is 5.32 Å². The predicted molar refractivity (Wildman–Crippen MR) is 80.9 cm³/mol. The molecule has 0 atom stereocenters. The second-order valence-electron chi connectivity index (χ2n) is 5.10. The zero-order valence-electron chi connectivity index (χ0n) is 11.9. The number of hydrogen-bond acceptors (Lipinski definition) is 4. The first-order valence-electron chi connectivity index (χ1n) is 7.20. The Kier molecular flexibility index (Phi) is 5.24. The molecule has 1 aliphatic rings. The number of amides is 1. The van der Waals surface area contributed by atoms with Gasteiger partial charge in [0, 0.05) is 31.9 Å². The third-order valence-corrected chi connectivity index (χ3v) is 3.57. The van der Waals surface area contributed by atoms with Gasteiger partial charge in [-0.25, -0.2) is 0 Å². The Morgan fingerprint density at radius 3 is 2.80 bits per heavy atom. The van der Waals surface area contributed by atoms with Crippen molar-refractivity contribution in [2.75, 3.05) is 37.4 Å². The van der Waals surface area contributed by atoms with Crippen molar-refractivity contribution in [2.24, 2.45) is 5.92 Å². The molecule has 2 rings (SSSR count). The minimum atomic E-state index is -0.0878. The lowest BCUT2D eigenvalue weighted by molar-refractivity contribution is 0.0699. The summed E-state index contributed by atoms with van der Waals surface area (Å²) < 4.78 is 5.34. The minimum Gasteiger partial charge on any atom is -0.397 e. The van der Waals surface area contributed by atoms with Gasteiger partial charge in [0.05, 0.1) is 11.4 Å². The number of carbonyl (C=O) groups is 1. The fraction of sp³-hybridized carbons (Fsp3) is 0.533. The first-order valence-corrected chi connectivity index (χ1v) is 7.20. The lowest BCUT2D eigenvalue weighted by Gasteiger charge is -2.23. The summed E-state index contributed by atoms with van der Waals surface area (Å²) in [6.07, 6.45) is 2.17. The molecular formula is C15H23N3O2. The van der Waals surface area contributed by atoms with Gasteiger partial charge in [0.15, 0.2) is 0 Å². The van der Waals surface area contributed by atoms with Crippen molar-refractivity contribution in [3.63, 3.8) is 0 Å². The second kappa shape index (κ2) is 7.14. The van der Waals surface area contributed by atoms with Crippen LogP contribution in [0, 0.1) is 5.92 Å². The Bertz CT molecular complexity index is 456. The number of nitrogen functional groups attached to an aromatic ring is 1. The van der Waals surface area contributed by atoms with Crippen LogP contribution in [-0.2, 0) is 4.74 Å². The van der Waals surface area contributed by atoms with E-state index in [1.807, 2.05) is 13.0 Å². The fourth-order valence-electron chi connectivity index (χ4n) is 2.33. The first kappa shape index (κ1) is 14.7. The minimum absolute atomic E-state index is 0.0878. The van der Waals surface area contributed by atoms with Gasteiger partial charge in [0.1, 0.15) is 0 Å². The number of nitrogens with one attached hydrogen (secondary N) is 2. The van der Waals surface area contributed by atoms with Crippen LogP contribution in [0.4, 0.5) is 11.4 Å². The van der Waals surface area contributed by atoms with Crippen LogP contribution in [-0.4, -0.2) is 32.2 Å². The van der Waals surface area contributed by atoms with Gasteiger partial charge in [-0.1, -0.05) is 0 Å². The van der Waals surface area contributed by atoms with Crippen molar-refractivity contribution in [1.29, 1.82) is 0 Å². The van der Waals surface area contributed by atoms with E-state index in [0.29, 0.717) is 23.7 Å². The van der Waals surface area contributed by atoms with E-state index in [1.54, 1.807) is 12.1 Å². The Balaban J connectivity index is 1.93. The maximum absolute atomic E-state index is 11.7. The van der Waals surface area contributed by atoms with Crippen molar-refractivity contribution >= 4 is 17.3 Å². The summed E-state index contributed by atoms with van der Waals surface area (Å²) in [5.74, 6) is 0.543. The van der Waals surface area contributed by atoms with E-state index in [0.717, 1.165) is 38.3 Å². The molecule has 1 heterocycles. The number of nitrogens with two attached hydrogens (primary N) is 1. The normalized spacial score (nSPS) is 15.8. The van der Waals surface area contributed by atoms with Crippen LogP contribution in [0.5, 0.6) is 0 Å². The van der Waals surface area contributed by atoms with Gasteiger partial charge < -0.3 is 21.1 Å². The number of hydrogen-bond donors (Lipinski definition) is 3. The van der Waals surface area contributed by atoms with Gasteiger partial charge in [-0.3, -0.25) is 4.79 Å². The number of benzene rings is 1. The van der Waals surface area contributed by atoms with Crippen LogP contribution < -0.4 is 16.4 Å². The first-order chi connectivity index (χ1) is 9.70. The van der Waals surface area contributed by atoms with Crippen molar-refractivity contribution in [3.05, 3.63) is 23.8 Å². The Morgan fingerprint density at radius 2 is 2.15 bits per heavy atom. The molecule has 0 spiro atoms. The molecule has 1 saturated heterocycles. The molecule has 1 fully saturated rings. The van der Waals surface area contributed by atoms with E-state index in [4.69, 9.17) is 10.5 Å². The third-order valence-electron chi connectivity index (χ3n) is 3.57. The SMILES string of the molecule is CCNC(=O)c1ccc(NCC2CCOCC2)c(N)c1. The van der Waals surface area contributed by atoms with Gasteiger partial charge in [-0.15, -0.1) is 0 Å². The van der Waals surface area contributed by atoms with Gasteiger partial charge in [0.2, 0.25) is 0 Å². The summed E-state index contributed by atoms with van der Waals surface area (Å²) in [5, 5.41) is 6.13. The largest absolute Gasteiger partial charge is 0.397 e. The summed E-state index contributed by atoms with van der Waals surface area (Å²) in [5.41, 5.74) is 8.11. The van der Waals surface area contributed by atoms with Crippen LogP contribution in [0.3, 0.4) is 0 Å². The molecule has 0 aromatic heterocycles. The second-order valence-corrected chi connectivity index (χ2v) is 5.10. The van der Waals surface area contributed by atoms with Gasteiger partial charge in [-0.05, 0) is 43.9 Å². The lowest BCUT2D eigenvalue weighted by atomic mass is 10.0. The summed E-state index contributed by atoms with van der Waals surface area (Å²) in [6.45, 7) is 5.09. The predicted octanol–water partition coefficient (Wildman–Crippen LogP) is 1.86. The molecule has 1 aromatic rings. The molecule has 5 heteroatoms. The molecule has 0 unspecified atom stereocenters. The summed E-state index contributed by atoms with van der Waals surface area (Å²) in [6, 6.07) is 5.39. The summed E-state index contributed by atoms with van der Waals surface area (Å²) in [4.78, 5) is 11.7. The highest BCUT2D eigenvalue weighted by Gasteiger charge is 2.14. The van der Waals surface area contributed by atoms with Gasteiger partial charge >= 0.3 is 0 Å². The van der Waals surface area contributed by atoms with Crippen LogP contribution in [0.1, 0.15) is 30.1 Å². The van der Waals surface area contributed by atoms with Crippen LogP contribution in [0.25, 0.3) is 0 Å². The van der Waals surface area contributed by atoms with Crippen LogP contribution in [0.15, 0.2) is 18.2 Å². The molecule has 1 amide bonds. The molecule has 4 N–H and O–H groups in total. The van der Waals surface area contributed by atoms with E-state index in [1.165, 1.54) is 0 Å². The van der Waals surface area contributed by atoms with Gasteiger partial charge in [0.25, 0.3) is 5.91 Å². The van der Waals surface area contributed by atoms with Crippen LogP contribution >= 0.6 is 0 Å². The monoisotopic (exact) mass is 277 g/mol. The smallest absolute Gasteiger partial charge is 0.251 e. The Labute approximate surface area is 119 Å². The Morgan fingerprint density at radius 1 is 1.40 bits per heavy atom. The molecule has 0 bridgehead atoms. The highest BCUT2D eigenvalue weighted by atomic mass is 16.5. The molecular weight excluding hydrogens is 254 g/mol. The molecule has 1 aliphatic heterocycles. The number of carbonyl (C=O) groups excluding carboxylic acids is 1. The van der Waals surface area contributed by atoms with Crippen molar-refractivity contribution in [2.45, 2.75) is 19.8 Å². The molecule has 0 aliphatic carbocycles. The van der Waals surface area contributed by atoms with E-state index in [-0.39, 0.29) is 5.91 Å². The zero-order chi connectivity index (χ0) is 14.4. The van der Waals surface area contributed by atoms with Crippen LogP contribution in [0.2, 0.25) is 0 Å². The van der Waals surface area contributed by atoms with E-state index < -0.39 is 0 Å². The maximum Gasteiger partial charge on any atom is 0.251 e. The standard InChI is InChI=1S/C15H23N3O2/c1-2-17-15(19)12-3-4-14(13(16)9-12)18-10-11-5-7-20-8-6-11/h3-4,9,11,18H,2,5-8,10,16H2,1H3,(H,17,19). The molecule has 5 nitrogen and oxygen atoms in total. The molecule has 0 radical (unpaired) electrons. The average Bonchev–Trinajstić information content (AvgIpc) is 2.47. The average molecular weight is 277 g/mol. The quantitative estimate of drug-likeness (QED) is 0.718. The molecule has 20 heavy (non-hydrogen) atoms. The topological polar surface area (TPSA) is 76.4 Å². The van der Waals surface area contributed by atoms with Crippen molar-refractivity contribution in [3.8, 4) is 0 Å². The van der Waals surface area contributed by atoms with E-state index in [9.17, 15) is 4.79 Å². The number of rotatable bonds is 5. The molecule has 0 saturated carbocycles. The number of ether oxygens (including phenoxy) is 1. The van der Waals surface area contributed by atoms with E-state index >= 15 is 0 Å². The lowest BCUT2D eigenvalue weighted by Crippen LogP contribution is -2.24. The molecule has 1 aromatic carbocycles.